The third-order valence-electron chi connectivity index (χ3n) is 5.12. The molecule has 0 aromatic heterocycles. The molecule has 0 aromatic rings. The lowest BCUT2D eigenvalue weighted by Gasteiger charge is -2.46. The molecule has 1 fully saturated rings. The van der Waals surface area contributed by atoms with E-state index in [4.69, 9.17) is 4.43 Å². The van der Waals surface area contributed by atoms with Gasteiger partial charge >= 0.3 is 0 Å². The van der Waals surface area contributed by atoms with Gasteiger partial charge < -0.3 is 14.5 Å². The van der Waals surface area contributed by atoms with Gasteiger partial charge in [-0.05, 0) is 25.1 Å². The van der Waals surface area contributed by atoms with Crippen LogP contribution >= 0.6 is 0 Å². The van der Waals surface area contributed by atoms with Gasteiger partial charge in [0.15, 0.2) is 8.32 Å². The number of Topliss-reactive ketones (excluding diaryl/α,β-unsaturated/α-hetero) is 1. The third-order valence-corrected chi connectivity index (χ3v) is 9.70. The summed E-state index contributed by atoms with van der Waals surface area (Å²) >= 11 is 0. The van der Waals surface area contributed by atoms with Crippen molar-refractivity contribution in [2.45, 2.75) is 71.3 Å². The molecule has 1 saturated heterocycles. The second-order valence-electron chi connectivity index (χ2n) is 7.77. The monoisotopic (exact) mass is 327 g/mol. The van der Waals surface area contributed by atoms with E-state index in [1.54, 1.807) is 6.92 Å². The highest BCUT2D eigenvalue weighted by molar-refractivity contribution is 6.74. The summed E-state index contributed by atoms with van der Waals surface area (Å²) in [5.41, 5.74) is 0. The Morgan fingerprint density at radius 3 is 2.32 bits per heavy atom. The third kappa shape index (κ3) is 3.84. The van der Waals surface area contributed by atoms with Crippen LogP contribution in [0, 0.1) is 11.8 Å². The fourth-order valence-electron chi connectivity index (χ4n) is 2.54. The summed E-state index contributed by atoms with van der Waals surface area (Å²) in [6.45, 7) is 14.4. The molecule has 5 nitrogen and oxygen atoms in total. The van der Waals surface area contributed by atoms with Crippen LogP contribution in [0.1, 0.15) is 41.0 Å². The Labute approximate surface area is 134 Å². The van der Waals surface area contributed by atoms with E-state index in [-0.39, 0.29) is 47.1 Å². The number of β-lactam (4-membered cyclic amide) rings is 1. The highest BCUT2D eigenvalue weighted by Crippen LogP contribution is 2.39. The average molecular weight is 327 g/mol. The van der Waals surface area contributed by atoms with Gasteiger partial charge in [-0.15, -0.1) is 0 Å². The molecule has 1 aliphatic heterocycles. The summed E-state index contributed by atoms with van der Waals surface area (Å²) in [4.78, 5) is 34.3. The minimum atomic E-state index is -1.97. The van der Waals surface area contributed by atoms with Crippen molar-refractivity contribution < 1.29 is 18.8 Å². The lowest BCUT2D eigenvalue weighted by molar-refractivity contribution is -0.144. The summed E-state index contributed by atoms with van der Waals surface area (Å²) in [6, 6.07) is -0.236. The summed E-state index contributed by atoms with van der Waals surface area (Å²) in [7, 11) is -1.97. The Morgan fingerprint density at radius 1 is 1.36 bits per heavy atom. The zero-order valence-electron chi connectivity index (χ0n) is 14.7. The van der Waals surface area contributed by atoms with Crippen LogP contribution in [0.3, 0.4) is 0 Å². The minimum Gasteiger partial charge on any atom is -0.413 e. The van der Waals surface area contributed by atoms with Gasteiger partial charge in [0.2, 0.25) is 5.91 Å². The van der Waals surface area contributed by atoms with Crippen LogP contribution in [-0.2, 0) is 18.8 Å². The van der Waals surface area contributed by atoms with Crippen molar-refractivity contribution in [3.8, 4) is 0 Å². The number of ketones is 1. The average Bonchev–Trinajstić information content (AvgIpc) is 2.32. The van der Waals surface area contributed by atoms with Crippen molar-refractivity contribution in [2.75, 3.05) is 0 Å². The van der Waals surface area contributed by atoms with E-state index in [0.29, 0.717) is 6.29 Å². The molecule has 126 valence electrons. The van der Waals surface area contributed by atoms with Crippen LogP contribution in [-0.4, -0.2) is 38.4 Å². The van der Waals surface area contributed by atoms with Gasteiger partial charge in [-0.25, -0.2) is 0 Å². The second kappa shape index (κ2) is 6.62. The first-order valence-electron chi connectivity index (χ1n) is 7.87. The molecule has 22 heavy (non-hydrogen) atoms. The highest BCUT2D eigenvalue weighted by Gasteiger charge is 2.50. The first kappa shape index (κ1) is 19.0. The van der Waals surface area contributed by atoms with Gasteiger partial charge in [0.25, 0.3) is 0 Å². The maximum absolute atomic E-state index is 11.9. The smallest absolute Gasteiger partial charge is 0.228 e. The van der Waals surface area contributed by atoms with E-state index in [1.165, 1.54) is 0 Å². The van der Waals surface area contributed by atoms with E-state index < -0.39 is 8.32 Å². The van der Waals surface area contributed by atoms with Gasteiger partial charge in [0, 0.05) is 5.92 Å². The van der Waals surface area contributed by atoms with Crippen molar-refractivity contribution in [3.63, 3.8) is 0 Å². The van der Waals surface area contributed by atoms with Crippen LogP contribution in [0.15, 0.2) is 0 Å². The highest BCUT2D eigenvalue weighted by atomic mass is 28.4. The van der Waals surface area contributed by atoms with Crippen molar-refractivity contribution >= 4 is 26.3 Å². The van der Waals surface area contributed by atoms with Crippen molar-refractivity contribution in [3.05, 3.63) is 0 Å². The predicted molar refractivity (Wildman–Crippen MR) is 88.0 cm³/mol. The molecule has 0 aliphatic carbocycles. The number of hydrogen-bond donors (Lipinski definition) is 1. The largest absolute Gasteiger partial charge is 0.413 e. The van der Waals surface area contributed by atoms with Gasteiger partial charge in [-0.1, -0.05) is 27.7 Å². The number of carbonyl (C=O) groups is 3. The molecule has 1 aliphatic rings. The number of rotatable bonds is 7. The van der Waals surface area contributed by atoms with E-state index >= 15 is 0 Å². The molecule has 6 heteroatoms. The Morgan fingerprint density at radius 2 is 1.91 bits per heavy atom. The van der Waals surface area contributed by atoms with E-state index in [1.807, 2.05) is 6.92 Å². The number of carbonyl (C=O) groups excluding carboxylic acids is 3. The summed E-state index contributed by atoms with van der Waals surface area (Å²) in [5.74, 6) is -0.885. The normalized spacial score (nSPS) is 25.0. The van der Waals surface area contributed by atoms with Gasteiger partial charge in [-0.2, -0.15) is 0 Å². The van der Waals surface area contributed by atoms with Gasteiger partial charge in [-0.3, -0.25) is 9.59 Å². The molecule has 1 amide bonds. The predicted octanol–water partition coefficient (Wildman–Crippen LogP) is 2.31. The molecule has 0 saturated carbocycles. The fraction of sp³-hybridized carbons (Fsp3) is 0.812. The quantitative estimate of drug-likeness (QED) is 0.337. The molecular weight excluding hydrogens is 298 g/mol. The van der Waals surface area contributed by atoms with Gasteiger partial charge in [0.05, 0.1) is 24.5 Å². The zero-order chi connectivity index (χ0) is 17.3. The van der Waals surface area contributed by atoms with Crippen LogP contribution in [0.2, 0.25) is 18.1 Å². The molecule has 0 aromatic carbocycles. The molecule has 0 bridgehead atoms. The maximum atomic E-state index is 11.9. The first-order chi connectivity index (χ1) is 9.92. The number of nitrogens with one attached hydrogen (secondary N) is 1. The summed E-state index contributed by atoms with van der Waals surface area (Å²) in [5, 5.41) is 2.86. The lowest BCUT2D eigenvalue weighted by atomic mass is 9.77. The van der Waals surface area contributed by atoms with E-state index in [0.717, 1.165) is 0 Å². The number of amides is 1. The van der Waals surface area contributed by atoms with Crippen molar-refractivity contribution in [1.82, 2.24) is 5.32 Å². The fourth-order valence-corrected chi connectivity index (χ4v) is 3.97. The Hall–Kier alpha value is -1.01. The SMILES string of the molecule is CC(O[Si](C)(C)C(C)(C)C)C1C(=O)NC1C(C)C(=O)CC=O. The second-order valence-corrected chi connectivity index (χ2v) is 12.5. The van der Waals surface area contributed by atoms with Crippen LogP contribution < -0.4 is 5.32 Å². The standard InChI is InChI=1S/C16H29NO4Si/c1-10(12(19)8-9-18)14-13(15(20)17-14)11(2)21-22(6,7)16(3,4)5/h9-11,13-14H,8H2,1-7H3,(H,17,20). The summed E-state index contributed by atoms with van der Waals surface area (Å²) < 4.78 is 6.29. The van der Waals surface area contributed by atoms with Crippen LogP contribution in [0.25, 0.3) is 0 Å². The molecule has 0 spiro atoms. The molecular formula is C16H29NO4Si. The Kier molecular flexibility index (Phi) is 5.73. The minimum absolute atomic E-state index is 0.0654. The molecule has 1 heterocycles. The molecule has 0 radical (unpaired) electrons. The molecule has 1 N–H and O–H groups in total. The Bertz CT molecular complexity index is 456. The zero-order valence-corrected chi connectivity index (χ0v) is 15.7. The molecule has 4 atom stereocenters. The number of hydrogen-bond acceptors (Lipinski definition) is 4. The topological polar surface area (TPSA) is 72.5 Å². The van der Waals surface area contributed by atoms with Crippen molar-refractivity contribution in [1.29, 1.82) is 0 Å². The lowest BCUT2D eigenvalue weighted by Crippen LogP contribution is -2.66. The summed E-state index contributed by atoms with van der Waals surface area (Å²) in [6.07, 6.45) is 0.285. The van der Waals surface area contributed by atoms with Crippen LogP contribution in [0.5, 0.6) is 0 Å². The number of aldehydes is 1. The van der Waals surface area contributed by atoms with Gasteiger partial charge in [0.1, 0.15) is 12.1 Å². The van der Waals surface area contributed by atoms with Crippen LogP contribution in [0.4, 0.5) is 0 Å². The first-order valence-corrected chi connectivity index (χ1v) is 10.8. The molecule has 4 unspecified atom stereocenters. The molecule has 1 rings (SSSR count). The van der Waals surface area contributed by atoms with E-state index in [9.17, 15) is 14.4 Å². The maximum Gasteiger partial charge on any atom is 0.228 e. The Balaban J connectivity index is 2.79. The van der Waals surface area contributed by atoms with Crippen molar-refractivity contribution in [2.24, 2.45) is 11.8 Å². The van der Waals surface area contributed by atoms with E-state index in [2.05, 4.69) is 39.2 Å².